The largest absolute Gasteiger partial charge is 0.478 e. The van der Waals surface area contributed by atoms with Crippen LogP contribution in [0, 0.1) is 0 Å². The van der Waals surface area contributed by atoms with E-state index in [1.54, 1.807) is 0 Å². The number of rotatable bonds is 3. The highest BCUT2D eigenvalue weighted by Gasteiger charge is 2.23. The minimum Gasteiger partial charge on any atom is -0.478 e. The van der Waals surface area contributed by atoms with Gasteiger partial charge in [0.2, 0.25) is 5.91 Å². The highest BCUT2D eigenvalue weighted by molar-refractivity contribution is 6.46. The summed E-state index contributed by atoms with van der Waals surface area (Å²) in [5.41, 5.74) is 1.83. The molecule has 0 fully saturated rings. The molecular weight excluding hydrogens is 321 g/mol. The molecule has 3 N–H and O–H groups in total. The molecule has 0 aliphatic carbocycles. The lowest BCUT2D eigenvalue weighted by Gasteiger charge is -2.14. The van der Waals surface area contributed by atoms with Crippen LogP contribution in [0.2, 0.25) is 10.0 Å². The van der Waals surface area contributed by atoms with Gasteiger partial charge in [0, 0.05) is 12.8 Å². The fourth-order valence-corrected chi connectivity index (χ4v) is 2.15. The van der Waals surface area contributed by atoms with E-state index in [2.05, 4.69) is 15.8 Å². The number of halogens is 2. The third-order valence-corrected chi connectivity index (χ3v) is 3.35. The van der Waals surface area contributed by atoms with E-state index in [0.717, 1.165) is 0 Å². The standard InChI is InChI=1S/C12H9Cl2N3O4/c13-5-1-2-6(14)10(9(5)12(20)21)15-11(19)7-3-4-8(18)17-16-7/h1-2H,3-4H2,(H,15,19)(H,17,18)(H,20,21). The van der Waals surface area contributed by atoms with Crippen LogP contribution in [0.3, 0.4) is 0 Å². The van der Waals surface area contributed by atoms with Gasteiger partial charge in [-0.2, -0.15) is 5.10 Å². The zero-order chi connectivity index (χ0) is 15.6. The number of hydrazone groups is 1. The predicted molar refractivity (Wildman–Crippen MR) is 76.9 cm³/mol. The van der Waals surface area contributed by atoms with E-state index in [1.165, 1.54) is 12.1 Å². The van der Waals surface area contributed by atoms with Gasteiger partial charge in [-0.05, 0) is 12.1 Å². The normalized spacial score (nSPS) is 14.2. The van der Waals surface area contributed by atoms with Crippen molar-refractivity contribution in [1.29, 1.82) is 0 Å². The highest BCUT2D eigenvalue weighted by Crippen LogP contribution is 2.32. The zero-order valence-electron chi connectivity index (χ0n) is 10.4. The first kappa shape index (κ1) is 15.3. The third kappa shape index (κ3) is 3.32. The lowest BCUT2D eigenvalue weighted by molar-refractivity contribution is -0.121. The van der Waals surface area contributed by atoms with Gasteiger partial charge in [0.25, 0.3) is 5.91 Å². The Morgan fingerprint density at radius 1 is 1.24 bits per heavy atom. The Labute approximate surface area is 128 Å². The van der Waals surface area contributed by atoms with Crippen molar-refractivity contribution < 1.29 is 19.5 Å². The fraction of sp³-hybridized carbons (Fsp3) is 0.167. The molecule has 0 bridgehead atoms. The van der Waals surface area contributed by atoms with Crippen molar-refractivity contribution in [3.8, 4) is 0 Å². The van der Waals surface area contributed by atoms with E-state index in [-0.39, 0.29) is 45.8 Å². The molecule has 1 heterocycles. The molecule has 2 rings (SSSR count). The molecule has 0 unspecified atom stereocenters. The minimum atomic E-state index is -1.32. The quantitative estimate of drug-likeness (QED) is 0.786. The van der Waals surface area contributed by atoms with Gasteiger partial charge in [0.1, 0.15) is 11.3 Å². The van der Waals surface area contributed by atoms with Gasteiger partial charge in [-0.15, -0.1) is 0 Å². The predicted octanol–water partition coefficient (Wildman–Crippen LogP) is 1.90. The highest BCUT2D eigenvalue weighted by atomic mass is 35.5. The molecule has 110 valence electrons. The van der Waals surface area contributed by atoms with Crippen LogP contribution < -0.4 is 10.7 Å². The molecule has 0 aromatic heterocycles. The number of anilines is 1. The SMILES string of the molecule is O=C1CCC(C(=O)Nc2c(Cl)ccc(Cl)c2C(=O)O)=NN1. The van der Waals surface area contributed by atoms with Crippen molar-refractivity contribution in [2.24, 2.45) is 5.10 Å². The van der Waals surface area contributed by atoms with E-state index < -0.39 is 11.9 Å². The van der Waals surface area contributed by atoms with Gasteiger partial charge in [-0.3, -0.25) is 9.59 Å². The summed E-state index contributed by atoms with van der Waals surface area (Å²) in [7, 11) is 0. The number of carbonyl (C=O) groups is 3. The van der Waals surface area contributed by atoms with Crippen LogP contribution in [-0.4, -0.2) is 28.6 Å². The van der Waals surface area contributed by atoms with Crippen LogP contribution in [0.25, 0.3) is 0 Å². The topological polar surface area (TPSA) is 108 Å². The molecule has 1 aromatic rings. The molecule has 1 aliphatic rings. The van der Waals surface area contributed by atoms with Gasteiger partial charge in [-0.1, -0.05) is 23.2 Å². The molecule has 0 atom stereocenters. The van der Waals surface area contributed by atoms with Gasteiger partial charge in [0.05, 0.1) is 15.7 Å². The second-order valence-corrected chi connectivity index (χ2v) is 4.95. The molecule has 1 aliphatic heterocycles. The number of hydrogen-bond acceptors (Lipinski definition) is 4. The molecular formula is C12H9Cl2N3O4. The van der Waals surface area contributed by atoms with E-state index >= 15 is 0 Å². The van der Waals surface area contributed by atoms with Crippen molar-refractivity contribution in [3.63, 3.8) is 0 Å². The number of nitrogens with one attached hydrogen (secondary N) is 2. The van der Waals surface area contributed by atoms with Crippen LogP contribution in [-0.2, 0) is 9.59 Å². The lowest BCUT2D eigenvalue weighted by atomic mass is 10.1. The zero-order valence-corrected chi connectivity index (χ0v) is 12.0. The number of amides is 2. The van der Waals surface area contributed by atoms with Crippen LogP contribution in [0.5, 0.6) is 0 Å². The molecule has 21 heavy (non-hydrogen) atoms. The summed E-state index contributed by atoms with van der Waals surface area (Å²) in [6.45, 7) is 0. The van der Waals surface area contributed by atoms with E-state index in [1.807, 2.05) is 0 Å². The summed E-state index contributed by atoms with van der Waals surface area (Å²) in [6.07, 6.45) is 0.277. The molecule has 0 radical (unpaired) electrons. The number of benzene rings is 1. The summed E-state index contributed by atoms with van der Waals surface area (Å²) in [4.78, 5) is 34.2. The van der Waals surface area contributed by atoms with E-state index in [9.17, 15) is 14.4 Å². The fourth-order valence-electron chi connectivity index (χ4n) is 1.71. The summed E-state index contributed by atoms with van der Waals surface area (Å²) in [5, 5.41) is 15.1. The Hall–Kier alpha value is -2.12. The lowest BCUT2D eigenvalue weighted by Crippen LogP contribution is -2.33. The number of hydrogen-bond donors (Lipinski definition) is 3. The van der Waals surface area contributed by atoms with E-state index in [4.69, 9.17) is 28.3 Å². The first-order valence-corrected chi connectivity index (χ1v) is 6.53. The second-order valence-electron chi connectivity index (χ2n) is 4.13. The van der Waals surface area contributed by atoms with Crippen LogP contribution in [0.1, 0.15) is 23.2 Å². The molecule has 0 spiro atoms. The number of nitrogens with zero attached hydrogens (tertiary/aromatic N) is 1. The Morgan fingerprint density at radius 3 is 2.48 bits per heavy atom. The van der Waals surface area contributed by atoms with Crippen molar-refractivity contribution in [2.75, 3.05) is 5.32 Å². The number of carboxylic acid groups (broad SMARTS) is 1. The summed E-state index contributed by atoms with van der Waals surface area (Å²) < 4.78 is 0. The van der Waals surface area contributed by atoms with Crippen molar-refractivity contribution in [2.45, 2.75) is 12.8 Å². The van der Waals surface area contributed by atoms with Crippen LogP contribution in [0.15, 0.2) is 17.2 Å². The van der Waals surface area contributed by atoms with Crippen LogP contribution in [0.4, 0.5) is 5.69 Å². The Bertz CT molecular complexity index is 673. The van der Waals surface area contributed by atoms with Crippen LogP contribution >= 0.6 is 23.2 Å². The first-order chi connectivity index (χ1) is 9.90. The van der Waals surface area contributed by atoms with Gasteiger partial charge >= 0.3 is 5.97 Å². The molecule has 0 saturated carbocycles. The summed E-state index contributed by atoms with van der Waals surface area (Å²) in [5.74, 6) is -2.27. The Kier molecular flexibility index (Phi) is 4.44. The maximum atomic E-state index is 12.0. The monoisotopic (exact) mass is 329 g/mol. The van der Waals surface area contributed by atoms with Crippen molar-refractivity contribution >= 4 is 52.4 Å². The van der Waals surface area contributed by atoms with Gasteiger partial charge < -0.3 is 10.4 Å². The van der Waals surface area contributed by atoms with E-state index in [0.29, 0.717) is 0 Å². The molecule has 2 amide bonds. The first-order valence-electron chi connectivity index (χ1n) is 5.78. The van der Waals surface area contributed by atoms with Crippen molar-refractivity contribution in [3.05, 3.63) is 27.7 Å². The molecule has 7 nitrogen and oxygen atoms in total. The third-order valence-electron chi connectivity index (χ3n) is 2.72. The number of carbonyl (C=O) groups excluding carboxylic acids is 2. The van der Waals surface area contributed by atoms with Gasteiger partial charge in [-0.25, -0.2) is 10.2 Å². The molecule has 9 heteroatoms. The smallest absolute Gasteiger partial charge is 0.339 e. The molecule has 1 aromatic carbocycles. The summed E-state index contributed by atoms with van der Waals surface area (Å²) in [6, 6.07) is 2.69. The average molecular weight is 330 g/mol. The Morgan fingerprint density at radius 2 is 1.90 bits per heavy atom. The molecule has 0 saturated heterocycles. The number of aromatic carboxylic acids is 1. The number of carboxylic acids is 1. The Balaban J connectivity index is 2.31. The maximum absolute atomic E-state index is 12.0. The minimum absolute atomic E-state index is 0.0330. The van der Waals surface area contributed by atoms with Gasteiger partial charge in [0.15, 0.2) is 0 Å². The summed E-state index contributed by atoms with van der Waals surface area (Å²) >= 11 is 11.7. The second kappa shape index (κ2) is 6.11. The van der Waals surface area contributed by atoms with Crippen molar-refractivity contribution in [1.82, 2.24) is 5.43 Å². The maximum Gasteiger partial charge on any atom is 0.339 e. The average Bonchev–Trinajstić information content (AvgIpc) is 2.43.